The maximum Gasteiger partial charge on any atom is 0.340 e. The number of methoxy groups -OCH3 is 1. The number of hydrogen-bond acceptors (Lipinski definition) is 5. The molecule has 160 valence electrons. The van der Waals surface area contributed by atoms with Crippen LogP contribution in [0.2, 0.25) is 0 Å². The number of esters is 1. The Morgan fingerprint density at radius 2 is 1.90 bits per heavy atom. The van der Waals surface area contributed by atoms with Crippen LogP contribution in [0.5, 0.6) is 0 Å². The van der Waals surface area contributed by atoms with Crippen LogP contribution < -0.4 is 10.2 Å². The number of carbonyl (C=O) groups is 2. The van der Waals surface area contributed by atoms with E-state index in [9.17, 15) is 9.59 Å². The van der Waals surface area contributed by atoms with Crippen molar-refractivity contribution in [2.24, 2.45) is 0 Å². The Morgan fingerprint density at radius 3 is 2.52 bits per heavy atom. The van der Waals surface area contributed by atoms with Gasteiger partial charge < -0.3 is 19.7 Å². The molecule has 1 N–H and O–H groups in total. The summed E-state index contributed by atoms with van der Waals surface area (Å²) in [4.78, 5) is 26.0. The van der Waals surface area contributed by atoms with E-state index in [1.807, 2.05) is 6.07 Å². The predicted octanol–water partition coefficient (Wildman–Crippen LogP) is 4.58. The van der Waals surface area contributed by atoms with Gasteiger partial charge in [-0.05, 0) is 58.7 Å². The van der Waals surface area contributed by atoms with Gasteiger partial charge in [-0.3, -0.25) is 4.79 Å². The van der Waals surface area contributed by atoms with Crippen LogP contribution >= 0.6 is 0 Å². The quantitative estimate of drug-likeness (QED) is 0.433. The second-order valence-corrected chi connectivity index (χ2v) is 7.09. The van der Waals surface area contributed by atoms with Crippen molar-refractivity contribution in [1.82, 2.24) is 0 Å². The molecule has 0 aliphatic rings. The van der Waals surface area contributed by atoms with Gasteiger partial charge in [-0.25, -0.2) is 4.79 Å². The van der Waals surface area contributed by atoms with Gasteiger partial charge in [0.1, 0.15) is 6.61 Å². The lowest BCUT2D eigenvalue weighted by Crippen LogP contribution is -2.31. The highest BCUT2D eigenvalue weighted by Crippen LogP contribution is 2.25. The average Bonchev–Trinajstić information content (AvgIpc) is 2.67. The third-order valence-corrected chi connectivity index (χ3v) is 4.34. The third-order valence-electron chi connectivity index (χ3n) is 4.34. The number of ether oxygens (including phenoxy) is 2. The number of benzene rings is 1. The van der Waals surface area contributed by atoms with Gasteiger partial charge >= 0.3 is 5.97 Å². The van der Waals surface area contributed by atoms with E-state index in [0.29, 0.717) is 17.8 Å². The molecule has 1 aromatic rings. The summed E-state index contributed by atoms with van der Waals surface area (Å²) in [5, 5.41) is 3.30. The number of allylic oxidation sites excluding steroid dienone is 3. The molecule has 0 aliphatic heterocycles. The maximum absolute atomic E-state index is 12.4. The van der Waals surface area contributed by atoms with Gasteiger partial charge in [0.25, 0.3) is 5.91 Å². The molecule has 6 nitrogen and oxygen atoms in total. The molecule has 29 heavy (non-hydrogen) atoms. The number of rotatable bonds is 11. The number of anilines is 2. The van der Waals surface area contributed by atoms with E-state index >= 15 is 0 Å². The lowest BCUT2D eigenvalue weighted by Gasteiger charge is -2.20. The van der Waals surface area contributed by atoms with Crippen LogP contribution in [-0.2, 0) is 14.3 Å². The Balaban J connectivity index is 2.92. The highest BCUT2D eigenvalue weighted by molar-refractivity contribution is 6.03. The van der Waals surface area contributed by atoms with Crippen molar-refractivity contribution in [1.29, 1.82) is 0 Å². The minimum Gasteiger partial charge on any atom is -0.462 e. The summed E-state index contributed by atoms with van der Waals surface area (Å²) < 4.78 is 10.1. The van der Waals surface area contributed by atoms with Crippen molar-refractivity contribution >= 4 is 23.3 Å². The minimum atomic E-state index is -0.461. The first-order valence-corrected chi connectivity index (χ1v) is 9.89. The van der Waals surface area contributed by atoms with Gasteiger partial charge in [-0.15, -0.1) is 0 Å². The van der Waals surface area contributed by atoms with Crippen LogP contribution in [0.25, 0.3) is 0 Å². The smallest absolute Gasteiger partial charge is 0.340 e. The van der Waals surface area contributed by atoms with E-state index in [0.717, 1.165) is 18.5 Å². The predicted molar refractivity (Wildman–Crippen MR) is 119 cm³/mol. The number of carbonyl (C=O) groups excluding carboxylic acids is 2. The SMILES string of the molecule is CCOC(=O)c1cc(NCC=C(C)CCC=C(C)C)ccc1N(C)C(=O)COC. The van der Waals surface area contributed by atoms with Gasteiger partial charge in [-0.2, -0.15) is 0 Å². The van der Waals surface area contributed by atoms with Gasteiger partial charge in [0.15, 0.2) is 0 Å². The Kier molecular flexibility index (Phi) is 10.8. The molecule has 0 aliphatic carbocycles. The van der Waals surface area contributed by atoms with Crippen molar-refractivity contribution < 1.29 is 19.1 Å². The Labute approximate surface area is 174 Å². The molecule has 1 amide bonds. The van der Waals surface area contributed by atoms with Crippen molar-refractivity contribution in [2.45, 2.75) is 40.5 Å². The fourth-order valence-electron chi connectivity index (χ4n) is 2.70. The summed E-state index contributed by atoms with van der Waals surface area (Å²) in [6.45, 7) is 8.93. The largest absolute Gasteiger partial charge is 0.462 e. The molecular weight excluding hydrogens is 368 g/mol. The highest BCUT2D eigenvalue weighted by Gasteiger charge is 2.20. The van der Waals surface area contributed by atoms with Crippen LogP contribution in [-0.4, -0.2) is 45.8 Å². The molecule has 0 atom stereocenters. The molecule has 1 aromatic carbocycles. The fraction of sp³-hybridized carbons (Fsp3) is 0.478. The Hall–Kier alpha value is -2.60. The van der Waals surface area contributed by atoms with E-state index in [1.54, 1.807) is 26.1 Å². The molecule has 0 aromatic heterocycles. The van der Waals surface area contributed by atoms with Crippen LogP contribution in [0.3, 0.4) is 0 Å². The Morgan fingerprint density at radius 1 is 1.17 bits per heavy atom. The molecule has 0 heterocycles. The molecule has 0 fully saturated rings. The van der Waals surface area contributed by atoms with Gasteiger partial charge in [0, 0.05) is 26.4 Å². The number of nitrogens with one attached hydrogen (secondary N) is 1. The summed E-state index contributed by atoms with van der Waals surface area (Å²) >= 11 is 0. The van der Waals surface area contributed by atoms with Gasteiger partial charge in [-0.1, -0.05) is 23.3 Å². The normalized spacial score (nSPS) is 11.0. The van der Waals surface area contributed by atoms with Crippen molar-refractivity contribution in [3.05, 3.63) is 47.1 Å². The van der Waals surface area contributed by atoms with E-state index in [-0.39, 0.29) is 19.1 Å². The Bertz CT molecular complexity index is 749. The maximum atomic E-state index is 12.4. The molecule has 0 bridgehead atoms. The summed E-state index contributed by atoms with van der Waals surface area (Å²) in [6.07, 6.45) is 6.43. The van der Waals surface area contributed by atoms with Crippen molar-refractivity contribution in [3.8, 4) is 0 Å². The number of amides is 1. The molecular formula is C23H34N2O4. The third kappa shape index (κ3) is 8.52. The number of hydrogen-bond donors (Lipinski definition) is 1. The second-order valence-electron chi connectivity index (χ2n) is 7.09. The van der Waals surface area contributed by atoms with Crippen LogP contribution in [0.15, 0.2) is 41.5 Å². The van der Waals surface area contributed by atoms with Crippen LogP contribution in [0.1, 0.15) is 50.9 Å². The zero-order valence-electron chi connectivity index (χ0n) is 18.5. The number of nitrogens with zero attached hydrogens (tertiary/aromatic N) is 1. The summed E-state index contributed by atoms with van der Waals surface area (Å²) in [6, 6.07) is 5.31. The molecule has 0 saturated heterocycles. The fourth-order valence-corrected chi connectivity index (χ4v) is 2.70. The highest BCUT2D eigenvalue weighted by atomic mass is 16.5. The lowest BCUT2D eigenvalue weighted by molar-refractivity contribution is -0.121. The van der Waals surface area contributed by atoms with Crippen LogP contribution in [0, 0.1) is 0 Å². The minimum absolute atomic E-state index is 0.0599. The zero-order valence-corrected chi connectivity index (χ0v) is 18.5. The first-order valence-electron chi connectivity index (χ1n) is 9.89. The standard InChI is InChI=1S/C23H34N2O4/c1-7-29-23(27)20-15-19(11-12-21(20)25(5)22(26)16-28-6)24-14-13-18(4)10-8-9-17(2)3/h9,11-13,15,24H,7-8,10,14,16H2,1-6H3. The van der Waals surface area contributed by atoms with Crippen molar-refractivity contribution in [3.63, 3.8) is 0 Å². The molecule has 1 rings (SSSR count). The first-order chi connectivity index (χ1) is 13.8. The average molecular weight is 403 g/mol. The van der Waals surface area contributed by atoms with E-state index in [1.165, 1.54) is 23.2 Å². The van der Waals surface area contributed by atoms with Gasteiger partial charge in [0.2, 0.25) is 0 Å². The van der Waals surface area contributed by atoms with E-state index in [2.05, 4.69) is 38.2 Å². The topological polar surface area (TPSA) is 67.9 Å². The molecule has 0 spiro atoms. The summed E-state index contributed by atoms with van der Waals surface area (Å²) in [5.74, 6) is -0.703. The van der Waals surface area contributed by atoms with Gasteiger partial charge in [0.05, 0.1) is 17.9 Å². The monoisotopic (exact) mass is 402 g/mol. The summed E-state index contributed by atoms with van der Waals surface area (Å²) in [7, 11) is 3.07. The van der Waals surface area contributed by atoms with Crippen molar-refractivity contribution in [2.75, 3.05) is 44.1 Å². The van der Waals surface area contributed by atoms with E-state index in [4.69, 9.17) is 9.47 Å². The molecule has 6 heteroatoms. The lowest BCUT2D eigenvalue weighted by atomic mass is 10.1. The zero-order chi connectivity index (χ0) is 21.8. The van der Waals surface area contributed by atoms with Crippen LogP contribution in [0.4, 0.5) is 11.4 Å². The number of likely N-dealkylation sites (N-methyl/N-ethyl adjacent to an activating group) is 1. The second kappa shape index (κ2) is 12.8. The molecule has 0 unspecified atom stereocenters. The summed E-state index contributed by atoms with van der Waals surface area (Å²) in [5.41, 5.74) is 4.26. The molecule has 0 radical (unpaired) electrons. The van der Waals surface area contributed by atoms with E-state index < -0.39 is 5.97 Å². The first kappa shape index (κ1) is 24.4. The molecule has 0 saturated carbocycles.